The summed E-state index contributed by atoms with van der Waals surface area (Å²) in [5, 5.41) is 2.62. The van der Waals surface area contributed by atoms with Crippen molar-refractivity contribution in [1.29, 1.82) is 0 Å². The SMILES string of the molecule is CC1(C)c2ccccc2-c2ccc(N(c3ccc(-c4ccc(-c5ccc6sc7ccccc7c6c5)c5c4-c4ccccc4C5(c4c#cccc4)C4C=CC=CC4)cc3)c3ccc4c(c3)C(C)(C)c3ccccc3-4)cc21. The quantitative estimate of drug-likeness (QED) is 0.154. The van der Waals surface area contributed by atoms with Crippen LogP contribution in [0.15, 0.2) is 231 Å². The molecule has 4 aliphatic rings. The molecule has 15 rings (SSSR count). The lowest BCUT2D eigenvalue weighted by molar-refractivity contribution is 0.458. The maximum absolute atomic E-state index is 3.73. The van der Waals surface area contributed by atoms with Gasteiger partial charge in [-0.25, -0.2) is 0 Å². The van der Waals surface area contributed by atoms with Gasteiger partial charge in [0.1, 0.15) is 0 Å². The molecule has 1 aromatic heterocycles. The van der Waals surface area contributed by atoms with E-state index in [2.05, 4.69) is 269 Å². The molecule has 10 aromatic carbocycles. The van der Waals surface area contributed by atoms with Gasteiger partial charge in [0.25, 0.3) is 0 Å². The van der Waals surface area contributed by atoms with E-state index in [4.69, 9.17) is 0 Å². The molecule has 0 fully saturated rings. The van der Waals surface area contributed by atoms with Crippen molar-refractivity contribution < 1.29 is 0 Å². The standard InChI is InChI=1S/C73H53NS/c1-71(2)62-27-15-11-23-55(62)57-38-36-51(44-65(57)71)74(52-37-39-58-56-24-12-16-28-63(56)72(3,4)66(58)45-52)50-34-31-46(32-35-50)53-40-41-54(47-33-42-68-61(43-47)59-25-14-18-30-67(59)75-68)70-69(53)60-26-13-17-29-64(60)73(70,48-19-7-5-8-20-48)49-21-9-6-10-22-49/h5-9,11-19,21,23-45,48H,20H2,1-4H3. The lowest BCUT2D eigenvalue weighted by atomic mass is 9.61. The number of rotatable bonds is 7. The fourth-order valence-corrected chi connectivity index (χ4v) is 15.2. The summed E-state index contributed by atoms with van der Waals surface area (Å²) in [7, 11) is 0. The first kappa shape index (κ1) is 44.0. The third-order valence-corrected chi connectivity index (χ3v) is 18.8. The Morgan fingerprint density at radius 3 is 1.69 bits per heavy atom. The first-order valence-corrected chi connectivity index (χ1v) is 27.3. The van der Waals surface area contributed by atoms with Crippen LogP contribution in [0.5, 0.6) is 0 Å². The highest BCUT2D eigenvalue weighted by molar-refractivity contribution is 7.25. The Morgan fingerprint density at radius 1 is 0.453 bits per heavy atom. The highest BCUT2D eigenvalue weighted by Crippen LogP contribution is 2.62. The van der Waals surface area contributed by atoms with Gasteiger partial charge in [0.2, 0.25) is 0 Å². The maximum Gasteiger partial charge on any atom is 0.0614 e. The third kappa shape index (κ3) is 6.26. The van der Waals surface area contributed by atoms with E-state index in [-0.39, 0.29) is 16.7 Å². The van der Waals surface area contributed by atoms with Crippen LogP contribution in [-0.4, -0.2) is 0 Å². The summed E-state index contributed by atoms with van der Waals surface area (Å²) in [6.07, 6.45) is 10.2. The second-order valence-electron chi connectivity index (χ2n) is 22.1. The van der Waals surface area contributed by atoms with E-state index in [1.807, 2.05) is 17.4 Å². The molecule has 0 radical (unpaired) electrons. The normalized spacial score (nSPS) is 17.7. The predicted molar refractivity (Wildman–Crippen MR) is 316 cm³/mol. The van der Waals surface area contributed by atoms with Gasteiger partial charge in [-0.1, -0.05) is 204 Å². The summed E-state index contributed by atoms with van der Waals surface area (Å²) >= 11 is 1.88. The monoisotopic (exact) mass is 975 g/mol. The molecule has 0 N–H and O–H groups in total. The summed E-state index contributed by atoms with van der Waals surface area (Å²) in [6, 6.07) is 85.3. The zero-order valence-electron chi connectivity index (χ0n) is 42.6. The second kappa shape index (κ2) is 16.3. The predicted octanol–water partition coefficient (Wildman–Crippen LogP) is 19.5. The van der Waals surface area contributed by atoms with E-state index in [0.29, 0.717) is 0 Å². The van der Waals surface area contributed by atoms with Gasteiger partial charge in [-0.2, -0.15) is 0 Å². The summed E-state index contributed by atoms with van der Waals surface area (Å²) in [5.41, 5.74) is 24.7. The summed E-state index contributed by atoms with van der Waals surface area (Å²) in [5.74, 6) is 0.141. The van der Waals surface area contributed by atoms with Crippen molar-refractivity contribution in [2.75, 3.05) is 4.90 Å². The van der Waals surface area contributed by atoms with Gasteiger partial charge in [-0.15, -0.1) is 11.3 Å². The Bertz CT molecular complexity index is 4110. The van der Waals surface area contributed by atoms with Gasteiger partial charge in [-0.05, 0) is 168 Å². The fourth-order valence-electron chi connectivity index (χ4n) is 14.1. The summed E-state index contributed by atoms with van der Waals surface area (Å²) in [6.45, 7) is 9.52. The minimum atomic E-state index is -0.541. The Labute approximate surface area is 444 Å². The van der Waals surface area contributed by atoms with Crippen LogP contribution in [0.4, 0.5) is 17.1 Å². The van der Waals surface area contributed by atoms with Crippen LogP contribution in [0.2, 0.25) is 0 Å². The Kier molecular flexibility index (Phi) is 9.55. The second-order valence-corrected chi connectivity index (χ2v) is 23.2. The van der Waals surface area contributed by atoms with Crippen molar-refractivity contribution >= 4 is 48.6 Å². The fraction of sp³-hybridized carbons (Fsp3) is 0.123. The number of thiophene rings is 1. The molecule has 0 amide bonds. The van der Waals surface area contributed by atoms with Gasteiger partial charge in [-0.3, -0.25) is 0 Å². The maximum atomic E-state index is 3.73. The number of nitrogens with zero attached hydrogens (tertiary/aromatic N) is 1. The Hall–Kier alpha value is -8.48. The lowest BCUT2D eigenvalue weighted by Gasteiger charge is -2.40. The molecule has 0 saturated carbocycles. The minimum Gasteiger partial charge on any atom is -0.310 e. The molecule has 2 heteroatoms. The molecule has 356 valence electrons. The zero-order chi connectivity index (χ0) is 50.2. The zero-order valence-corrected chi connectivity index (χ0v) is 43.4. The Morgan fingerprint density at radius 2 is 1.03 bits per heavy atom. The first-order chi connectivity index (χ1) is 36.7. The number of allylic oxidation sites excluding steroid dienone is 4. The van der Waals surface area contributed by atoms with Crippen LogP contribution in [0.3, 0.4) is 0 Å². The van der Waals surface area contributed by atoms with Gasteiger partial charge < -0.3 is 4.90 Å². The van der Waals surface area contributed by atoms with Gasteiger partial charge in [0, 0.05) is 53.6 Å². The van der Waals surface area contributed by atoms with Crippen molar-refractivity contribution in [3.05, 3.63) is 282 Å². The molecule has 1 heterocycles. The molecule has 2 unspecified atom stereocenters. The van der Waals surface area contributed by atoms with Crippen LogP contribution in [0.1, 0.15) is 73.1 Å². The molecular weight excluding hydrogens is 923 g/mol. The summed E-state index contributed by atoms with van der Waals surface area (Å²) < 4.78 is 2.63. The van der Waals surface area contributed by atoms with Crippen molar-refractivity contribution in [3.63, 3.8) is 0 Å². The van der Waals surface area contributed by atoms with Crippen LogP contribution >= 0.6 is 11.3 Å². The number of benzene rings is 9. The number of anilines is 3. The average molecular weight is 976 g/mol. The number of hydrogen-bond acceptors (Lipinski definition) is 2. The summed E-state index contributed by atoms with van der Waals surface area (Å²) in [4.78, 5) is 2.49. The van der Waals surface area contributed by atoms with Crippen molar-refractivity contribution in [2.45, 2.75) is 50.4 Å². The third-order valence-electron chi connectivity index (χ3n) is 17.6. The molecule has 4 aliphatic carbocycles. The smallest absolute Gasteiger partial charge is 0.0614 e. The van der Waals surface area contributed by atoms with Gasteiger partial charge >= 0.3 is 0 Å². The van der Waals surface area contributed by atoms with Crippen molar-refractivity contribution in [3.8, 4) is 55.6 Å². The van der Waals surface area contributed by atoms with E-state index in [9.17, 15) is 0 Å². The largest absolute Gasteiger partial charge is 0.310 e. The van der Waals surface area contributed by atoms with Crippen LogP contribution in [-0.2, 0) is 16.2 Å². The molecule has 0 saturated heterocycles. The molecule has 1 nitrogen and oxygen atoms in total. The average Bonchev–Trinajstić information content (AvgIpc) is 4.14. The van der Waals surface area contributed by atoms with E-state index in [1.165, 1.54) is 109 Å². The van der Waals surface area contributed by atoms with Crippen LogP contribution in [0.25, 0.3) is 75.8 Å². The minimum absolute atomic E-state index is 0.139. The number of fused-ring (bicyclic) bond motifs is 12. The molecular formula is C73H53NS. The lowest BCUT2D eigenvalue weighted by Crippen LogP contribution is -2.36. The van der Waals surface area contributed by atoms with E-state index < -0.39 is 5.41 Å². The molecule has 0 bridgehead atoms. The van der Waals surface area contributed by atoms with Crippen LogP contribution in [0, 0.1) is 18.1 Å². The van der Waals surface area contributed by atoms with Gasteiger partial charge in [0.05, 0.1) is 5.41 Å². The first-order valence-electron chi connectivity index (χ1n) is 26.5. The van der Waals surface area contributed by atoms with Crippen molar-refractivity contribution in [2.24, 2.45) is 5.92 Å². The molecule has 75 heavy (non-hydrogen) atoms. The molecule has 0 aliphatic heterocycles. The van der Waals surface area contributed by atoms with Crippen molar-refractivity contribution in [1.82, 2.24) is 0 Å². The van der Waals surface area contributed by atoms with Gasteiger partial charge in [0.15, 0.2) is 0 Å². The van der Waals surface area contributed by atoms with E-state index in [1.54, 1.807) is 0 Å². The topological polar surface area (TPSA) is 3.24 Å². The Balaban J connectivity index is 0.940. The highest BCUT2D eigenvalue weighted by Gasteiger charge is 2.52. The molecule has 2 atom stereocenters. The number of hydrogen-bond donors (Lipinski definition) is 0. The van der Waals surface area contributed by atoms with E-state index >= 15 is 0 Å². The van der Waals surface area contributed by atoms with Crippen LogP contribution < -0.4 is 4.90 Å². The molecule has 11 aromatic rings. The molecule has 0 spiro atoms. The highest BCUT2D eigenvalue weighted by atomic mass is 32.1. The van der Waals surface area contributed by atoms with E-state index in [0.717, 1.165) is 29.0 Å².